The molecule has 1 unspecified atom stereocenters. The molecule has 2 N–H and O–H groups in total. The number of nitrogens with zero attached hydrogens (tertiary/aromatic N) is 4. The maximum absolute atomic E-state index is 13.2. The van der Waals surface area contributed by atoms with Gasteiger partial charge in [-0.05, 0) is 62.1 Å². The molecule has 0 spiro atoms. The lowest BCUT2D eigenvalue weighted by molar-refractivity contribution is -0.273. The van der Waals surface area contributed by atoms with Crippen molar-refractivity contribution in [1.29, 1.82) is 0 Å². The molecule has 5 rings (SSSR count). The number of imidazole rings is 1. The van der Waals surface area contributed by atoms with Crippen LogP contribution in [0.15, 0.2) is 60.9 Å². The quantitative estimate of drug-likeness (QED) is 0.355. The van der Waals surface area contributed by atoms with E-state index in [1.54, 1.807) is 29.2 Å². The third-order valence-electron chi connectivity index (χ3n) is 6.75. The molecule has 37 heavy (non-hydrogen) atoms. The number of fused-ring (bicyclic) bond motifs is 1. The molecule has 3 heterocycles. The lowest BCUT2D eigenvalue weighted by atomic mass is 9.81. The number of alkyl halides is 3. The summed E-state index contributed by atoms with van der Waals surface area (Å²) in [6.45, 7) is 1.35. The Labute approximate surface area is 210 Å². The number of anilines is 1. The molecule has 1 aliphatic rings. The van der Waals surface area contributed by atoms with Crippen molar-refractivity contribution in [2.45, 2.75) is 31.5 Å². The monoisotopic (exact) mass is 511 g/mol. The number of H-pyrrole nitrogens is 1. The Balaban J connectivity index is 1.28. The number of piperidine rings is 1. The molecule has 2 aromatic carbocycles. The molecule has 0 aliphatic carbocycles. The van der Waals surface area contributed by atoms with Gasteiger partial charge in [0.15, 0.2) is 17.2 Å². The number of aromatic amines is 1. The lowest BCUT2D eigenvalue weighted by Gasteiger charge is -2.40. The predicted octanol–water partition coefficient (Wildman–Crippen LogP) is 4.91. The molecule has 4 aromatic rings. The molecule has 2 aromatic heterocycles. The first-order valence-electron chi connectivity index (χ1n) is 11.8. The van der Waals surface area contributed by atoms with Gasteiger partial charge in [-0.1, -0.05) is 12.1 Å². The normalized spacial score (nSPS) is 16.5. The van der Waals surface area contributed by atoms with Crippen LogP contribution in [-0.4, -0.2) is 55.7 Å². The molecule has 1 fully saturated rings. The number of para-hydroxylation sites is 2. The summed E-state index contributed by atoms with van der Waals surface area (Å²) in [5.41, 5.74) is -0.855. The number of hydrogen-bond donors (Lipinski definition) is 2. The van der Waals surface area contributed by atoms with Gasteiger partial charge in [0.25, 0.3) is 5.88 Å². The van der Waals surface area contributed by atoms with Crippen LogP contribution in [0, 0.1) is 5.92 Å². The summed E-state index contributed by atoms with van der Waals surface area (Å²) in [5.74, 6) is 0.0638. The third-order valence-corrected chi connectivity index (χ3v) is 6.75. The number of hydrogen-bond acceptors (Lipinski definition) is 7. The van der Waals surface area contributed by atoms with E-state index in [1.165, 1.54) is 12.4 Å². The van der Waals surface area contributed by atoms with Crippen LogP contribution < -0.4 is 9.64 Å². The van der Waals surface area contributed by atoms with E-state index in [2.05, 4.69) is 19.9 Å². The van der Waals surface area contributed by atoms with Crippen LogP contribution in [0.25, 0.3) is 11.0 Å². The van der Waals surface area contributed by atoms with Crippen molar-refractivity contribution in [3.8, 4) is 11.6 Å². The highest BCUT2D eigenvalue weighted by atomic mass is 19.4. The van der Waals surface area contributed by atoms with Crippen LogP contribution >= 0.6 is 0 Å². The highest BCUT2D eigenvalue weighted by Crippen LogP contribution is 2.41. The standard InChI is InChI=1S/C26H24F3N5O3/c1-25(36,26(27,28)29)17-10-14-34(15-11-17)23-24(31-13-12-30-23)37-18-8-6-16(7-9-18)21(35)22-32-19-4-2-3-5-20(19)33-22/h2-9,12-13,17,36H,10-11,14-15H2,1H3,(H,32,33). The Hall–Kier alpha value is -3.99. The topological polar surface area (TPSA) is 104 Å². The van der Waals surface area contributed by atoms with Crippen molar-refractivity contribution in [2.75, 3.05) is 18.0 Å². The Morgan fingerprint density at radius 3 is 2.41 bits per heavy atom. The summed E-state index contributed by atoms with van der Waals surface area (Å²) in [6.07, 6.45) is -1.48. The number of benzene rings is 2. The van der Waals surface area contributed by atoms with Gasteiger partial charge in [0, 0.05) is 31.0 Å². The largest absolute Gasteiger partial charge is 0.436 e. The van der Waals surface area contributed by atoms with Crippen molar-refractivity contribution in [2.24, 2.45) is 5.92 Å². The molecule has 8 nitrogen and oxygen atoms in total. The molecular formula is C26H24F3N5O3. The van der Waals surface area contributed by atoms with E-state index in [4.69, 9.17) is 4.74 Å². The summed E-state index contributed by atoms with van der Waals surface area (Å²) in [4.78, 5) is 30.6. The Bertz CT molecular complexity index is 1380. The first-order valence-corrected chi connectivity index (χ1v) is 11.8. The van der Waals surface area contributed by atoms with Gasteiger partial charge in [-0.2, -0.15) is 13.2 Å². The summed E-state index contributed by atoms with van der Waals surface area (Å²) in [6, 6.07) is 13.9. The number of rotatable bonds is 6. The van der Waals surface area contributed by atoms with E-state index in [0.717, 1.165) is 12.4 Å². The number of ether oxygens (including phenoxy) is 1. The minimum atomic E-state index is -4.70. The van der Waals surface area contributed by atoms with Crippen molar-refractivity contribution in [3.63, 3.8) is 0 Å². The number of ketones is 1. The zero-order valence-corrected chi connectivity index (χ0v) is 19.9. The maximum atomic E-state index is 13.2. The Morgan fingerprint density at radius 1 is 1.05 bits per heavy atom. The lowest BCUT2D eigenvalue weighted by Crippen LogP contribution is -2.52. The highest BCUT2D eigenvalue weighted by molar-refractivity contribution is 6.08. The fourth-order valence-electron chi connectivity index (χ4n) is 4.47. The summed E-state index contributed by atoms with van der Waals surface area (Å²) >= 11 is 0. The summed E-state index contributed by atoms with van der Waals surface area (Å²) in [7, 11) is 0. The van der Waals surface area contributed by atoms with Gasteiger partial charge >= 0.3 is 6.18 Å². The van der Waals surface area contributed by atoms with E-state index >= 15 is 0 Å². The highest BCUT2D eigenvalue weighted by Gasteiger charge is 2.55. The molecule has 0 bridgehead atoms. The van der Waals surface area contributed by atoms with Gasteiger partial charge in [-0.25, -0.2) is 15.0 Å². The van der Waals surface area contributed by atoms with E-state index < -0.39 is 17.7 Å². The number of halogens is 3. The minimum absolute atomic E-state index is 0.140. The van der Waals surface area contributed by atoms with E-state index in [1.807, 2.05) is 24.3 Å². The average molecular weight is 512 g/mol. The number of carbonyl (C=O) groups excluding carboxylic acids is 1. The van der Waals surface area contributed by atoms with Gasteiger partial charge in [-0.15, -0.1) is 0 Å². The van der Waals surface area contributed by atoms with Crippen molar-refractivity contribution < 1.29 is 27.8 Å². The summed E-state index contributed by atoms with van der Waals surface area (Å²) < 4.78 is 45.6. The van der Waals surface area contributed by atoms with Gasteiger partial charge in [0.2, 0.25) is 5.78 Å². The second-order valence-corrected chi connectivity index (χ2v) is 9.15. The minimum Gasteiger partial charge on any atom is -0.436 e. The number of carbonyl (C=O) groups is 1. The number of nitrogens with one attached hydrogen (secondary N) is 1. The molecule has 1 atom stereocenters. The fourth-order valence-corrected chi connectivity index (χ4v) is 4.47. The van der Waals surface area contributed by atoms with Crippen molar-refractivity contribution in [1.82, 2.24) is 19.9 Å². The Kier molecular flexibility index (Phi) is 6.32. The molecular weight excluding hydrogens is 487 g/mol. The van der Waals surface area contributed by atoms with Crippen molar-refractivity contribution >= 4 is 22.6 Å². The SMILES string of the molecule is CC(O)(C1CCN(c2nccnc2Oc2ccc(C(=O)c3nc4ccccc4[nH]3)cc2)CC1)C(F)(F)F. The fraction of sp³-hybridized carbons (Fsp3) is 0.308. The van der Waals surface area contributed by atoms with Gasteiger partial charge < -0.3 is 19.7 Å². The molecule has 192 valence electrons. The number of aromatic nitrogens is 4. The zero-order chi connectivity index (χ0) is 26.2. The molecule has 0 saturated carbocycles. The van der Waals surface area contributed by atoms with Gasteiger partial charge in [0.05, 0.1) is 11.0 Å². The number of aliphatic hydroxyl groups is 1. The molecule has 0 radical (unpaired) electrons. The zero-order valence-electron chi connectivity index (χ0n) is 19.9. The smallest absolute Gasteiger partial charge is 0.417 e. The average Bonchev–Trinajstić information content (AvgIpc) is 3.33. The van der Waals surface area contributed by atoms with E-state index in [9.17, 15) is 23.1 Å². The van der Waals surface area contributed by atoms with E-state index in [-0.39, 0.29) is 43.4 Å². The molecule has 1 saturated heterocycles. The third kappa shape index (κ3) is 4.86. The maximum Gasteiger partial charge on any atom is 0.417 e. The predicted molar refractivity (Wildman–Crippen MR) is 130 cm³/mol. The van der Waals surface area contributed by atoms with Crippen LogP contribution in [0.3, 0.4) is 0 Å². The first kappa shape index (κ1) is 24.7. The van der Waals surface area contributed by atoms with Crippen LogP contribution in [0.2, 0.25) is 0 Å². The Morgan fingerprint density at radius 2 is 1.73 bits per heavy atom. The van der Waals surface area contributed by atoms with Crippen LogP contribution in [-0.2, 0) is 0 Å². The van der Waals surface area contributed by atoms with Crippen molar-refractivity contribution in [3.05, 3.63) is 72.3 Å². The molecule has 11 heteroatoms. The molecule has 1 aliphatic heterocycles. The van der Waals surface area contributed by atoms with E-state index in [0.29, 0.717) is 22.6 Å². The van der Waals surface area contributed by atoms with Crippen LogP contribution in [0.1, 0.15) is 35.9 Å². The second kappa shape index (κ2) is 9.47. The van der Waals surface area contributed by atoms with Crippen LogP contribution in [0.5, 0.6) is 11.6 Å². The van der Waals surface area contributed by atoms with Crippen LogP contribution in [0.4, 0.5) is 19.0 Å². The van der Waals surface area contributed by atoms with Gasteiger partial charge in [0.1, 0.15) is 5.75 Å². The summed E-state index contributed by atoms with van der Waals surface area (Å²) in [5, 5.41) is 10.0. The molecule has 0 amide bonds. The first-order chi connectivity index (χ1) is 17.6. The van der Waals surface area contributed by atoms with Gasteiger partial charge in [-0.3, -0.25) is 4.79 Å². The second-order valence-electron chi connectivity index (χ2n) is 9.15.